The van der Waals surface area contributed by atoms with Crippen molar-refractivity contribution in [2.45, 2.75) is 51.6 Å². The average Bonchev–Trinajstić information content (AvgIpc) is 2.47. The molecule has 1 saturated carbocycles. The summed E-state index contributed by atoms with van der Waals surface area (Å²) in [5.74, 6) is 0.807. The molecule has 0 bridgehead atoms. The second kappa shape index (κ2) is 6.89. The van der Waals surface area contributed by atoms with Crippen LogP contribution in [0, 0.1) is 5.92 Å². The van der Waals surface area contributed by atoms with E-state index < -0.39 is 12.1 Å². The highest BCUT2D eigenvalue weighted by atomic mass is 16.5. The van der Waals surface area contributed by atoms with Gasteiger partial charge in [-0.15, -0.1) is 0 Å². The van der Waals surface area contributed by atoms with Gasteiger partial charge in [-0.05, 0) is 42.7 Å². The molecule has 1 unspecified atom stereocenters. The molecule has 1 N–H and O–H groups in total. The number of aliphatic hydroxyl groups excluding tert-OH is 1. The molecule has 3 nitrogen and oxygen atoms in total. The third-order valence-electron chi connectivity index (χ3n) is 4.22. The van der Waals surface area contributed by atoms with Gasteiger partial charge in [-0.1, -0.05) is 44.0 Å². The highest BCUT2D eigenvalue weighted by Gasteiger charge is 2.22. The first kappa shape index (κ1) is 15.0. The van der Waals surface area contributed by atoms with Crippen LogP contribution < -0.4 is 0 Å². The quantitative estimate of drug-likeness (QED) is 0.855. The molecule has 110 valence electrons. The van der Waals surface area contributed by atoms with Crippen LogP contribution in [0.25, 0.3) is 0 Å². The Hall–Kier alpha value is -1.35. The van der Waals surface area contributed by atoms with Gasteiger partial charge in [-0.3, -0.25) is 0 Å². The lowest BCUT2D eigenvalue weighted by atomic mass is 9.79. The van der Waals surface area contributed by atoms with E-state index in [4.69, 9.17) is 4.74 Å². The second-order valence-corrected chi connectivity index (χ2v) is 5.78. The molecule has 1 aliphatic rings. The molecule has 1 aliphatic carbocycles. The second-order valence-electron chi connectivity index (χ2n) is 5.78. The maximum absolute atomic E-state index is 11.6. The van der Waals surface area contributed by atoms with Crippen molar-refractivity contribution >= 4 is 5.97 Å². The zero-order chi connectivity index (χ0) is 14.5. The van der Waals surface area contributed by atoms with Gasteiger partial charge in [-0.2, -0.15) is 0 Å². The Morgan fingerprint density at radius 1 is 1.35 bits per heavy atom. The van der Waals surface area contributed by atoms with Crippen LogP contribution in [0.15, 0.2) is 24.3 Å². The number of ether oxygens (including phenoxy) is 1. The largest absolute Gasteiger partial charge is 0.464 e. The molecule has 3 heteroatoms. The molecule has 0 aliphatic heterocycles. The van der Waals surface area contributed by atoms with E-state index >= 15 is 0 Å². The van der Waals surface area contributed by atoms with Crippen LogP contribution >= 0.6 is 0 Å². The normalized spacial score (nSPS) is 24.1. The first-order valence-electron chi connectivity index (χ1n) is 7.56. The van der Waals surface area contributed by atoms with Crippen LogP contribution in [0.3, 0.4) is 0 Å². The number of benzene rings is 1. The van der Waals surface area contributed by atoms with Crippen molar-refractivity contribution in [1.29, 1.82) is 0 Å². The smallest absolute Gasteiger partial charge is 0.339 e. The van der Waals surface area contributed by atoms with Crippen molar-refractivity contribution in [3.05, 3.63) is 35.4 Å². The highest BCUT2D eigenvalue weighted by Crippen LogP contribution is 2.36. The van der Waals surface area contributed by atoms with Crippen LogP contribution in [0.4, 0.5) is 0 Å². The van der Waals surface area contributed by atoms with Gasteiger partial charge in [0.05, 0.1) is 6.61 Å². The molecule has 0 amide bonds. The molecular formula is C17H24O3. The van der Waals surface area contributed by atoms with Crippen molar-refractivity contribution in [2.24, 2.45) is 5.92 Å². The third-order valence-corrected chi connectivity index (χ3v) is 4.22. The highest BCUT2D eigenvalue weighted by molar-refractivity contribution is 5.76. The van der Waals surface area contributed by atoms with E-state index in [1.807, 2.05) is 12.1 Å². The van der Waals surface area contributed by atoms with Crippen molar-refractivity contribution in [3.63, 3.8) is 0 Å². The summed E-state index contributed by atoms with van der Waals surface area (Å²) < 4.78 is 4.87. The summed E-state index contributed by atoms with van der Waals surface area (Å²) in [6, 6.07) is 7.77. The molecule has 1 fully saturated rings. The molecule has 1 atom stereocenters. The van der Waals surface area contributed by atoms with Gasteiger partial charge in [0.1, 0.15) is 0 Å². The summed E-state index contributed by atoms with van der Waals surface area (Å²) in [6.07, 6.45) is 3.74. The number of carbonyl (C=O) groups excluding carboxylic acids is 1. The molecule has 0 heterocycles. The summed E-state index contributed by atoms with van der Waals surface area (Å²) in [5, 5.41) is 10.0. The molecule has 0 saturated heterocycles. The molecular weight excluding hydrogens is 252 g/mol. The molecule has 1 aromatic rings. The first-order valence-corrected chi connectivity index (χ1v) is 7.56. The predicted octanol–water partition coefficient (Wildman–Crippen LogP) is 3.58. The minimum absolute atomic E-state index is 0.288. The first-order chi connectivity index (χ1) is 9.61. The van der Waals surface area contributed by atoms with Crippen molar-refractivity contribution in [2.75, 3.05) is 6.61 Å². The standard InChI is InChI=1S/C17H24O3/c1-3-20-17(19)16(18)15-6-4-5-14(11-15)13-9-7-12(2)8-10-13/h4-6,11-13,16,18H,3,7-10H2,1-2H3. The summed E-state index contributed by atoms with van der Waals surface area (Å²) in [5.41, 5.74) is 1.87. The number of carbonyl (C=O) groups is 1. The Balaban J connectivity index is 2.09. The van der Waals surface area contributed by atoms with Crippen LogP contribution in [0.2, 0.25) is 0 Å². The van der Waals surface area contributed by atoms with E-state index in [0.29, 0.717) is 11.5 Å². The lowest BCUT2D eigenvalue weighted by Gasteiger charge is -2.27. The van der Waals surface area contributed by atoms with E-state index in [2.05, 4.69) is 13.0 Å². The molecule has 0 aromatic heterocycles. The number of rotatable bonds is 4. The summed E-state index contributed by atoms with van der Waals surface area (Å²) in [7, 11) is 0. The number of esters is 1. The zero-order valence-electron chi connectivity index (χ0n) is 12.3. The maximum atomic E-state index is 11.6. The maximum Gasteiger partial charge on any atom is 0.339 e. The lowest BCUT2D eigenvalue weighted by Crippen LogP contribution is -2.16. The van der Waals surface area contributed by atoms with Crippen LogP contribution in [0.5, 0.6) is 0 Å². The van der Waals surface area contributed by atoms with E-state index in [-0.39, 0.29) is 6.61 Å². The fourth-order valence-corrected chi connectivity index (χ4v) is 2.93. The molecule has 0 spiro atoms. The number of aliphatic hydroxyl groups is 1. The van der Waals surface area contributed by atoms with E-state index in [1.165, 1.54) is 31.2 Å². The van der Waals surface area contributed by atoms with Crippen LogP contribution in [-0.2, 0) is 9.53 Å². The Morgan fingerprint density at radius 2 is 2.05 bits per heavy atom. The topological polar surface area (TPSA) is 46.5 Å². The molecule has 2 rings (SSSR count). The monoisotopic (exact) mass is 276 g/mol. The Kier molecular flexibility index (Phi) is 5.18. The van der Waals surface area contributed by atoms with Crippen LogP contribution in [0.1, 0.15) is 62.7 Å². The van der Waals surface area contributed by atoms with Gasteiger partial charge in [0.15, 0.2) is 6.10 Å². The Morgan fingerprint density at radius 3 is 2.70 bits per heavy atom. The fourth-order valence-electron chi connectivity index (χ4n) is 2.93. The van der Waals surface area contributed by atoms with E-state index in [1.54, 1.807) is 13.0 Å². The summed E-state index contributed by atoms with van der Waals surface area (Å²) in [6.45, 7) is 4.33. The van der Waals surface area contributed by atoms with Gasteiger partial charge >= 0.3 is 5.97 Å². The zero-order valence-corrected chi connectivity index (χ0v) is 12.3. The van der Waals surface area contributed by atoms with Crippen molar-refractivity contribution < 1.29 is 14.6 Å². The number of hydrogen-bond acceptors (Lipinski definition) is 3. The van der Waals surface area contributed by atoms with Gasteiger partial charge in [0.2, 0.25) is 0 Å². The van der Waals surface area contributed by atoms with Crippen LogP contribution in [-0.4, -0.2) is 17.7 Å². The minimum atomic E-state index is -1.17. The van der Waals surface area contributed by atoms with Gasteiger partial charge in [0, 0.05) is 0 Å². The minimum Gasteiger partial charge on any atom is -0.464 e. The Labute approximate surface area is 121 Å². The number of hydrogen-bond donors (Lipinski definition) is 1. The summed E-state index contributed by atoms with van der Waals surface area (Å²) >= 11 is 0. The fraction of sp³-hybridized carbons (Fsp3) is 0.588. The van der Waals surface area contributed by atoms with Crippen molar-refractivity contribution in [3.8, 4) is 0 Å². The molecule has 0 radical (unpaired) electrons. The van der Waals surface area contributed by atoms with E-state index in [9.17, 15) is 9.90 Å². The Bertz CT molecular complexity index is 447. The predicted molar refractivity (Wildman–Crippen MR) is 78.4 cm³/mol. The third kappa shape index (κ3) is 3.60. The molecule has 1 aromatic carbocycles. The van der Waals surface area contributed by atoms with Gasteiger partial charge in [-0.25, -0.2) is 4.79 Å². The van der Waals surface area contributed by atoms with Gasteiger partial charge < -0.3 is 9.84 Å². The SMILES string of the molecule is CCOC(=O)C(O)c1cccc(C2CCC(C)CC2)c1. The van der Waals surface area contributed by atoms with Crippen molar-refractivity contribution in [1.82, 2.24) is 0 Å². The van der Waals surface area contributed by atoms with E-state index in [0.717, 1.165) is 5.92 Å². The molecule has 20 heavy (non-hydrogen) atoms. The average molecular weight is 276 g/mol. The summed E-state index contributed by atoms with van der Waals surface area (Å²) in [4.78, 5) is 11.6. The lowest BCUT2D eigenvalue weighted by molar-refractivity contribution is -0.153. The van der Waals surface area contributed by atoms with Gasteiger partial charge in [0.25, 0.3) is 0 Å².